The highest BCUT2D eigenvalue weighted by atomic mass is 79.9. The molecule has 0 spiro atoms. The third kappa shape index (κ3) is 4.67. The van der Waals surface area contributed by atoms with Gasteiger partial charge in [0, 0.05) is 19.0 Å². The number of terminal acetylenes is 1. The summed E-state index contributed by atoms with van der Waals surface area (Å²) in [7, 11) is 0. The molecule has 1 amide bonds. The molecule has 0 fully saturated rings. The molecular weight excluding hydrogens is 314 g/mol. The molecule has 0 atom stereocenters. The van der Waals surface area contributed by atoms with E-state index in [1.54, 1.807) is 0 Å². The van der Waals surface area contributed by atoms with Crippen molar-refractivity contribution in [1.29, 1.82) is 0 Å². The second kappa shape index (κ2) is 7.48. The summed E-state index contributed by atoms with van der Waals surface area (Å²) < 4.78 is 0.416. The molecule has 0 aliphatic rings. The van der Waals surface area contributed by atoms with Crippen LogP contribution in [0.1, 0.15) is 29.6 Å². The molecule has 0 saturated carbocycles. The summed E-state index contributed by atoms with van der Waals surface area (Å²) in [6.45, 7) is 0.475. The minimum atomic E-state index is -0.643. The Hall–Kier alpha value is -1.94. The SMILES string of the molecule is C#CCCCCNC(=O)c1cc([N+](=O)[O-])ncc1Br. The van der Waals surface area contributed by atoms with Gasteiger partial charge in [0.2, 0.25) is 0 Å². The predicted octanol–water partition coefficient (Wildman–Crippen LogP) is 2.29. The number of pyridine rings is 1. The zero-order valence-electron chi connectivity index (χ0n) is 10.1. The Labute approximate surface area is 118 Å². The maximum atomic E-state index is 11.8. The Balaban J connectivity index is 2.64. The van der Waals surface area contributed by atoms with E-state index in [9.17, 15) is 14.9 Å². The number of rotatable bonds is 6. The summed E-state index contributed by atoms with van der Waals surface area (Å²) in [6.07, 6.45) is 8.61. The van der Waals surface area contributed by atoms with Crippen molar-refractivity contribution in [3.05, 3.63) is 32.4 Å². The third-order valence-corrected chi connectivity index (χ3v) is 2.94. The molecule has 0 aliphatic carbocycles. The number of hydrogen-bond donors (Lipinski definition) is 1. The number of halogens is 1. The summed E-state index contributed by atoms with van der Waals surface area (Å²) in [5, 5.41) is 13.3. The van der Waals surface area contributed by atoms with Crippen LogP contribution in [0, 0.1) is 22.5 Å². The topological polar surface area (TPSA) is 85.1 Å². The number of aromatic nitrogens is 1. The van der Waals surface area contributed by atoms with E-state index in [4.69, 9.17) is 6.42 Å². The Kier molecular flexibility index (Phi) is 5.96. The van der Waals surface area contributed by atoms with Crippen molar-refractivity contribution in [2.24, 2.45) is 0 Å². The van der Waals surface area contributed by atoms with Crippen molar-refractivity contribution in [2.45, 2.75) is 19.3 Å². The van der Waals surface area contributed by atoms with E-state index in [0.29, 0.717) is 17.4 Å². The highest BCUT2D eigenvalue weighted by Gasteiger charge is 2.16. The van der Waals surface area contributed by atoms with Crippen LogP contribution in [0.25, 0.3) is 0 Å². The first-order valence-electron chi connectivity index (χ1n) is 5.58. The molecule has 0 radical (unpaired) electrons. The maximum Gasteiger partial charge on any atom is 0.364 e. The van der Waals surface area contributed by atoms with E-state index in [1.165, 1.54) is 6.20 Å². The zero-order valence-corrected chi connectivity index (χ0v) is 11.6. The first-order chi connectivity index (χ1) is 9.06. The van der Waals surface area contributed by atoms with Gasteiger partial charge in [-0.25, -0.2) is 0 Å². The van der Waals surface area contributed by atoms with Crippen LogP contribution in [-0.4, -0.2) is 22.4 Å². The quantitative estimate of drug-likeness (QED) is 0.376. The molecule has 0 saturated heterocycles. The highest BCUT2D eigenvalue weighted by molar-refractivity contribution is 9.10. The lowest BCUT2D eigenvalue weighted by Gasteiger charge is -2.05. The fourth-order valence-corrected chi connectivity index (χ4v) is 1.75. The number of carbonyl (C=O) groups excluding carboxylic acids is 1. The Bertz CT molecular complexity index is 525. The number of carbonyl (C=O) groups is 1. The van der Waals surface area contributed by atoms with Gasteiger partial charge in [-0.05, 0) is 38.7 Å². The van der Waals surface area contributed by atoms with Gasteiger partial charge in [-0.15, -0.1) is 12.3 Å². The van der Waals surface area contributed by atoms with Crippen molar-refractivity contribution in [3.63, 3.8) is 0 Å². The number of amides is 1. The van der Waals surface area contributed by atoms with Crippen molar-refractivity contribution >= 4 is 27.7 Å². The number of hydrogen-bond acceptors (Lipinski definition) is 4. The zero-order chi connectivity index (χ0) is 14.3. The number of unbranched alkanes of at least 4 members (excludes halogenated alkanes) is 2. The fraction of sp³-hybridized carbons (Fsp3) is 0.333. The molecule has 1 aromatic rings. The largest absolute Gasteiger partial charge is 0.364 e. The molecule has 0 aliphatic heterocycles. The number of nitrogens with zero attached hydrogens (tertiary/aromatic N) is 2. The fourth-order valence-electron chi connectivity index (χ4n) is 1.35. The van der Waals surface area contributed by atoms with Crippen LogP contribution < -0.4 is 5.32 Å². The highest BCUT2D eigenvalue weighted by Crippen LogP contribution is 2.19. The number of nitrogens with one attached hydrogen (secondary N) is 1. The predicted molar refractivity (Wildman–Crippen MR) is 73.6 cm³/mol. The molecule has 6 nitrogen and oxygen atoms in total. The minimum absolute atomic E-state index is 0.193. The maximum absolute atomic E-state index is 11.8. The summed E-state index contributed by atoms with van der Waals surface area (Å²) in [5.41, 5.74) is 0.193. The summed E-state index contributed by atoms with van der Waals surface area (Å²) >= 11 is 3.14. The molecule has 7 heteroatoms. The standard InChI is InChI=1S/C12H12BrN3O3/c1-2-3-4-5-6-14-12(17)9-7-11(16(18)19)15-8-10(9)13/h1,7-8H,3-6H2,(H,14,17). The summed E-state index contributed by atoms with van der Waals surface area (Å²) in [5.74, 6) is 1.78. The van der Waals surface area contributed by atoms with Gasteiger partial charge < -0.3 is 15.4 Å². The monoisotopic (exact) mass is 325 g/mol. The second-order valence-electron chi connectivity index (χ2n) is 3.70. The molecule has 1 aromatic heterocycles. The van der Waals surface area contributed by atoms with E-state index >= 15 is 0 Å². The lowest BCUT2D eigenvalue weighted by atomic mass is 10.2. The van der Waals surface area contributed by atoms with Crippen LogP contribution in [0.2, 0.25) is 0 Å². The van der Waals surface area contributed by atoms with Gasteiger partial charge in [-0.3, -0.25) is 4.79 Å². The molecule has 1 heterocycles. The molecule has 0 bridgehead atoms. The normalized spacial score (nSPS) is 9.68. The average Bonchev–Trinajstić information content (AvgIpc) is 2.38. The van der Waals surface area contributed by atoms with Gasteiger partial charge in [0.05, 0.1) is 10.0 Å². The van der Waals surface area contributed by atoms with E-state index < -0.39 is 4.92 Å². The van der Waals surface area contributed by atoms with E-state index in [1.807, 2.05) is 0 Å². The van der Waals surface area contributed by atoms with Gasteiger partial charge in [-0.1, -0.05) is 0 Å². The Morgan fingerprint density at radius 2 is 2.32 bits per heavy atom. The lowest BCUT2D eigenvalue weighted by Crippen LogP contribution is -2.25. The van der Waals surface area contributed by atoms with E-state index in [2.05, 4.69) is 32.2 Å². The Morgan fingerprint density at radius 1 is 1.58 bits per heavy atom. The molecule has 1 rings (SSSR count). The Morgan fingerprint density at radius 3 is 2.95 bits per heavy atom. The van der Waals surface area contributed by atoms with Crippen LogP contribution in [0.4, 0.5) is 5.82 Å². The van der Waals surface area contributed by atoms with Gasteiger partial charge in [-0.2, -0.15) is 0 Å². The van der Waals surface area contributed by atoms with Gasteiger partial charge in [0.25, 0.3) is 5.91 Å². The molecule has 19 heavy (non-hydrogen) atoms. The van der Waals surface area contributed by atoms with Crippen molar-refractivity contribution in [3.8, 4) is 12.3 Å². The van der Waals surface area contributed by atoms with Gasteiger partial charge in [0.15, 0.2) is 6.20 Å². The minimum Gasteiger partial charge on any atom is -0.358 e. The molecule has 1 N–H and O–H groups in total. The second-order valence-corrected chi connectivity index (χ2v) is 4.55. The first kappa shape index (κ1) is 15.1. The van der Waals surface area contributed by atoms with Crippen LogP contribution >= 0.6 is 15.9 Å². The van der Waals surface area contributed by atoms with Gasteiger partial charge >= 0.3 is 5.82 Å². The summed E-state index contributed by atoms with van der Waals surface area (Å²) in [4.78, 5) is 25.4. The van der Waals surface area contributed by atoms with Gasteiger partial charge in [0.1, 0.15) is 0 Å². The van der Waals surface area contributed by atoms with Crippen LogP contribution in [0.5, 0.6) is 0 Å². The lowest BCUT2D eigenvalue weighted by molar-refractivity contribution is -0.389. The third-order valence-electron chi connectivity index (χ3n) is 2.31. The van der Waals surface area contributed by atoms with Crippen LogP contribution in [0.3, 0.4) is 0 Å². The average molecular weight is 326 g/mol. The number of nitro groups is 1. The summed E-state index contributed by atoms with van der Waals surface area (Å²) in [6, 6.07) is 1.14. The molecular formula is C12H12BrN3O3. The van der Waals surface area contributed by atoms with E-state index in [-0.39, 0.29) is 17.3 Å². The van der Waals surface area contributed by atoms with E-state index in [0.717, 1.165) is 18.9 Å². The van der Waals surface area contributed by atoms with Crippen molar-refractivity contribution < 1.29 is 9.72 Å². The smallest absolute Gasteiger partial charge is 0.358 e. The van der Waals surface area contributed by atoms with Crippen molar-refractivity contribution in [1.82, 2.24) is 10.3 Å². The van der Waals surface area contributed by atoms with Crippen molar-refractivity contribution in [2.75, 3.05) is 6.54 Å². The molecule has 0 unspecified atom stereocenters. The van der Waals surface area contributed by atoms with Crippen LogP contribution in [0.15, 0.2) is 16.7 Å². The first-order valence-corrected chi connectivity index (χ1v) is 6.37. The molecule has 0 aromatic carbocycles. The van der Waals surface area contributed by atoms with Crippen LogP contribution in [-0.2, 0) is 0 Å². The molecule has 100 valence electrons.